The van der Waals surface area contributed by atoms with Gasteiger partial charge in [0.15, 0.2) is 15.0 Å². The Kier molecular flexibility index (Phi) is 4.37. The number of thioether (sulfide) groups is 1. The van der Waals surface area contributed by atoms with Gasteiger partial charge in [0.1, 0.15) is 5.75 Å². The van der Waals surface area contributed by atoms with Crippen molar-refractivity contribution in [3.63, 3.8) is 0 Å². The van der Waals surface area contributed by atoms with E-state index >= 15 is 0 Å². The van der Waals surface area contributed by atoms with E-state index in [0.29, 0.717) is 10.9 Å². The minimum Gasteiger partial charge on any atom is -0.496 e. The van der Waals surface area contributed by atoms with Crippen molar-refractivity contribution in [2.45, 2.75) is 17.7 Å². The van der Waals surface area contributed by atoms with E-state index in [2.05, 4.69) is 4.99 Å². The summed E-state index contributed by atoms with van der Waals surface area (Å²) >= 11 is 1.39. The number of para-hydroxylation sites is 1. The second kappa shape index (κ2) is 6.16. The normalized spacial score (nSPS) is 27.2. The first-order valence-corrected chi connectivity index (χ1v) is 9.93. The lowest BCUT2D eigenvalue weighted by atomic mass is 10.1. The molecule has 2 aliphatic heterocycles. The highest BCUT2D eigenvalue weighted by atomic mass is 32.2. The standard InChI is InChI=1S/C15H18N2O4S2/c1-17-11-8-23(19,20)9-13(11)22-15(17)16-14(18)7-10-5-3-4-6-12(10)21-2/h3-6,11,13H,7-9H2,1-2H3/t11-,13+/m0/s1. The van der Waals surface area contributed by atoms with E-state index in [-0.39, 0.29) is 35.1 Å². The van der Waals surface area contributed by atoms with E-state index < -0.39 is 9.84 Å². The molecule has 0 spiro atoms. The molecule has 2 fully saturated rings. The van der Waals surface area contributed by atoms with Crippen molar-refractivity contribution < 1.29 is 17.9 Å². The molecule has 8 heteroatoms. The summed E-state index contributed by atoms with van der Waals surface area (Å²) in [6.45, 7) is 0. The minimum absolute atomic E-state index is 0.0252. The third-order valence-corrected chi connectivity index (χ3v) is 7.38. The van der Waals surface area contributed by atoms with Gasteiger partial charge in [-0.25, -0.2) is 8.42 Å². The zero-order valence-corrected chi connectivity index (χ0v) is 14.6. The summed E-state index contributed by atoms with van der Waals surface area (Å²) < 4.78 is 28.6. The number of amidine groups is 1. The first kappa shape index (κ1) is 16.3. The predicted octanol–water partition coefficient (Wildman–Crippen LogP) is 0.964. The van der Waals surface area contributed by atoms with E-state index in [9.17, 15) is 13.2 Å². The maximum Gasteiger partial charge on any atom is 0.252 e. The van der Waals surface area contributed by atoms with Crippen LogP contribution < -0.4 is 4.74 Å². The molecule has 2 aliphatic rings. The highest BCUT2D eigenvalue weighted by Crippen LogP contribution is 2.37. The van der Waals surface area contributed by atoms with Gasteiger partial charge in [-0.3, -0.25) is 4.79 Å². The van der Waals surface area contributed by atoms with Crippen molar-refractivity contribution in [1.29, 1.82) is 0 Å². The average molecular weight is 354 g/mol. The number of rotatable bonds is 3. The molecule has 0 saturated carbocycles. The van der Waals surface area contributed by atoms with Crippen LogP contribution in [0.3, 0.4) is 0 Å². The van der Waals surface area contributed by atoms with Crippen LogP contribution in [0.5, 0.6) is 5.75 Å². The number of amides is 1. The zero-order chi connectivity index (χ0) is 16.6. The van der Waals surface area contributed by atoms with Crippen LogP contribution in [0, 0.1) is 0 Å². The number of fused-ring (bicyclic) bond motifs is 1. The van der Waals surface area contributed by atoms with E-state index in [1.165, 1.54) is 11.8 Å². The summed E-state index contributed by atoms with van der Waals surface area (Å²) in [4.78, 5) is 18.2. The van der Waals surface area contributed by atoms with Gasteiger partial charge in [-0.15, -0.1) is 0 Å². The lowest BCUT2D eigenvalue weighted by Gasteiger charge is -2.17. The third kappa shape index (κ3) is 3.37. The molecule has 124 valence electrons. The predicted molar refractivity (Wildman–Crippen MR) is 90.7 cm³/mol. The van der Waals surface area contributed by atoms with E-state index in [1.807, 2.05) is 23.1 Å². The molecule has 3 rings (SSSR count). The van der Waals surface area contributed by atoms with Gasteiger partial charge in [-0.1, -0.05) is 30.0 Å². The van der Waals surface area contributed by atoms with Crippen LogP contribution >= 0.6 is 11.8 Å². The summed E-state index contributed by atoms with van der Waals surface area (Å²) in [5, 5.41) is 0.581. The maximum atomic E-state index is 12.2. The molecule has 0 radical (unpaired) electrons. The minimum atomic E-state index is -2.97. The fraction of sp³-hybridized carbons (Fsp3) is 0.467. The molecule has 1 amide bonds. The number of methoxy groups -OCH3 is 1. The monoisotopic (exact) mass is 354 g/mol. The molecule has 0 aliphatic carbocycles. The van der Waals surface area contributed by atoms with Crippen molar-refractivity contribution in [2.24, 2.45) is 4.99 Å². The van der Waals surface area contributed by atoms with Gasteiger partial charge in [0.2, 0.25) is 0 Å². The Morgan fingerprint density at radius 2 is 2.13 bits per heavy atom. The van der Waals surface area contributed by atoms with Crippen molar-refractivity contribution in [2.75, 3.05) is 25.7 Å². The first-order chi connectivity index (χ1) is 10.9. The Bertz CT molecular complexity index is 760. The summed E-state index contributed by atoms with van der Waals surface area (Å²) in [5.74, 6) is 0.705. The van der Waals surface area contributed by atoms with Gasteiger partial charge in [0, 0.05) is 17.9 Å². The number of benzene rings is 1. The quantitative estimate of drug-likeness (QED) is 0.805. The molecule has 6 nitrogen and oxygen atoms in total. The summed E-state index contributed by atoms with van der Waals surface area (Å²) in [7, 11) is 0.399. The van der Waals surface area contributed by atoms with Crippen molar-refractivity contribution in [3.05, 3.63) is 29.8 Å². The number of aliphatic imine (C=N–C) groups is 1. The zero-order valence-electron chi connectivity index (χ0n) is 12.9. The number of sulfone groups is 1. The highest BCUT2D eigenvalue weighted by Gasteiger charge is 2.47. The summed E-state index contributed by atoms with van der Waals surface area (Å²) in [6.07, 6.45) is 0.162. The molecule has 2 atom stereocenters. The highest BCUT2D eigenvalue weighted by molar-refractivity contribution is 8.15. The number of hydrogen-bond acceptors (Lipinski definition) is 5. The fourth-order valence-electron chi connectivity index (χ4n) is 2.89. The first-order valence-electron chi connectivity index (χ1n) is 7.23. The fourth-order valence-corrected chi connectivity index (χ4v) is 6.91. The molecule has 1 aromatic carbocycles. The topological polar surface area (TPSA) is 76.0 Å². The molecule has 0 aromatic heterocycles. The molecule has 0 bridgehead atoms. The second-order valence-corrected chi connectivity index (χ2v) is 9.05. The van der Waals surface area contributed by atoms with Crippen LogP contribution in [-0.4, -0.2) is 61.3 Å². The van der Waals surface area contributed by atoms with E-state index in [4.69, 9.17) is 4.74 Å². The summed E-state index contributed by atoms with van der Waals surface area (Å²) in [6, 6.07) is 7.26. The number of carbonyl (C=O) groups is 1. The van der Waals surface area contributed by atoms with Gasteiger partial charge in [-0.05, 0) is 6.07 Å². The van der Waals surface area contributed by atoms with Gasteiger partial charge in [0.25, 0.3) is 5.91 Å². The largest absolute Gasteiger partial charge is 0.496 e. The second-order valence-electron chi connectivity index (χ2n) is 5.69. The Hall–Kier alpha value is -1.54. The molecule has 2 heterocycles. The van der Waals surface area contributed by atoms with Crippen molar-refractivity contribution in [1.82, 2.24) is 4.90 Å². The van der Waals surface area contributed by atoms with E-state index in [0.717, 1.165) is 5.56 Å². The number of ether oxygens (including phenoxy) is 1. The van der Waals surface area contributed by atoms with Gasteiger partial charge in [-0.2, -0.15) is 4.99 Å². The van der Waals surface area contributed by atoms with E-state index in [1.54, 1.807) is 20.2 Å². The third-order valence-electron chi connectivity index (χ3n) is 4.08. The lowest BCUT2D eigenvalue weighted by molar-refractivity contribution is -0.117. The van der Waals surface area contributed by atoms with Crippen LogP contribution in [0.25, 0.3) is 0 Å². The van der Waals surface area contributed by atoms with Gasteiger partial charge >= 0.3 is 0 Å². The van der Waals surface area contributed by atoms with Crippen LogP contribution in [0.4, 0.5) is 0 Å². The van der Waals surface area contributed by atoms with Crippen LogP contribution in [0.2, 0.25) is 0 Å². The lowest BCUT2D eigenvalue weighted by Crippen LogP contribution is -2.34. The Labute approximate surface area is 139 Å². The number of hydrogen-bond donors (Lipinski definition) is 0. The molecule has 2 saturated heterocycles. The van der Waals surface area contributed by atoms with Gasteiger partial charge < -0.3 is 9.64 Å². The maximum absolute atomic E-state index is 12.2. The summed E-state index contributed by atoms with van der Waals surface area (Å²) in [5.41, 5.74) is 0.790. The average Bonchev–Trinajstić information content (AvgIpc) is 2.93. The SMILES string of the molecule is COc1ccccc1CC(=O)N=C1S[C@@H]2CS(=O)(=O)C[C@@H]2N1C. The number of nitrogens with zero attached hydrogens (tertiary/aromatic N) is 2. The Balaban J connectivity index is 1.72. The molecule has 0 unspecified atom stereocenters. The smallest absolute Gasteiger partial charge is 0.252 e. The van der Waals surface area contributed by atoms with Crippen molar-refractivity contribution >= 4 is 32.7 Å². The Morgan fingerprint density at radius 3 is 2.83 bits per heavy atom. The van der Waals surface area contributed by atoms with Crippen LogP contribution in [-0.2, 0) is 21.1 Å². The van der Waals surface area contributed by atoms with Crippen molar-refractivity contribution in [3.8, 4) is 5.75 Å². The molecule has 23 heavy (non-hydrogen) atoms. The molecule has 1 aromatic rings. The molecule has 0 N–H and O–H groups in total. The van der Waals surface area contributed by atoms with Crippen LogP contribution in [0.1, 0.15) is 5.56 Å². The number of carbonyl (C=O) groups excluding carboxylic acids is 1. The Morgan fingerprint density at radius 1 is 1.39 bits per heavy atom. The molecular formula is C15H18N2O4S2. The molecular weight excluding hydrogens is 336 g/mol. The van der Waals surface area contributed by atoms with Crippen LogP contribution in [0.15, 0.2) is 29.3 Å². The van der Waals surface area contributed by atoms with Gasteiger partial charge in [0.05, 0.1) is 31.1 Å².